The molecule has 0 N–H and O–H groups in total. The van der Waals surface area contributed by atoms with Crippen LogP contribution < -0.4 is 4.74 Å². The van der Waals surface area contributed by atoms with Crippen LogP contribution in [0.1, 0.15) is 18.2 Å². The van der Waals surface area contributed by atoms with Gasteiger partial charge in [-0.15, -0.1) is 11.3 Å². The lowest BCUT2D eigenvalue weighted by atomic mass is 10.1. The van der Waals surface area contributed by atoms with E-state index >= 15 is 0 Å². The molecule has 0 spiro atoms. The summed E-state index contributed by atoms with van der Waals surface area (Å²) in [6.45, 7) is 3.89. The van der Waals surface area contributed by atoms with E-state index < -0.39 is 0 Å². The maximum absolute atomic E-state index is 11.9. The van der Waals surface area contributed by atoms with Crippen LogP contribution in [0.3, 0.4) is 0 Å². The second kappa shape index (κ2) is 10.2. The van der Waals surface area contributed by atoms with Crippen molar-refractivity contribution in [2.24, 2.45) is 5.92 Å². The van der Waals surface area contributed by atoms with Crippen LogP contribution in [0.4, 0.5) is 0 Å². The summed E-state index contributed by atoms with van der Waals surface area (Å²) < 4.78 is 10.4. The van der Waals surface area contributed by atoms with Crippen LogP contribution in [0.25, 0.3) is 10.6 Å². The number of carbonyl (C=O) groups is 1. The fraction of sp³-hybridized carbons (Fsp3) is 0.304. The molecule has 0 fully saturated rings. The first-order chi connectivity index (χ1) is 14.1. The Morgan fingerprint density at radius 2 is 1.79 bits per heavy atom. The van der Waals surface area contributed by atoms with E-state index in [0.717, 1.165) is 28.6 Å². The highest BCUT2D eigenvalue weighted by Gasteiger charge is 2.19. The van der Waals surface area contributed by atoms with Crippen molar-refractivity contribution in [2.45, 2.75) is 20.0 Å². The van der Waals surface area contributed by atoms with Gasteiger partial charge in [-0.1, -0.05) is 49.4 Å². The highest BCUT2D eigenvalue weighted by molar-refractivity contribution is 7.13. The third-order valence-corrected chi connectivity index (χ3v) is 5.58. The van der Waals surface area contributed by atoms with Crippen LogP contribution in [0.15, 0.2) is 60.0 Å². The largest absolute Gasteiger partial charge is 0.496 e. The molecule has 1 atom stereocenters. The second-order valence-corrected chi connectivity index (χ2v) is 7.78. The number of ether oxygens (including phenoxy) is 2. The number of rotatable bonds is 9. The molecule has 0 bridgehead atoms. The van der Waals surface area contributed by atoms with E-state index in [-0.39, 0.29) is 11.9 Å². The molecule has 152 valence electrons. The molecule has 29 heavy (non-hydrogen) atoms. The Balaban J connectivity index is 1.78. The fourth-order valence-corrected chi connectivity index (χ4v) is 4.08. The summed E-state index contributed by atoms with van der Waals surface area (Å²) in [5, 5.41) is 3.00. The van der Waals surface area contributed by atoms with Gasteiger partial charge in [0.2, 0.25) is 0 Å². The van der Waals surface area contributed by atoms with E-state index in [9.17, 15) is 4.79 Å². The molecule has 2 aromatic carbocycles. The van der Waals surface area contributed by atoms with E-state index in [4.69, 9.17) is 14.5 Å². The number of carbonyl (C=O) groups excluding carboxylic acids is 1. The van der Waals surface area contributed by atoms with Gasteiger partial charge < -0.3 is 9.47 Å². The first kappa shape index (κ1) is 21.0. The molecule has 3 rings (SSSR count). The summed E-state index contributed by atoms with van der Waals surface area (Å²) >= 11 is 1.60. The maximum Gasteiger partial charge on any atom is 0.309 e. The van der Waals surface area contributed by atoms with E-state index in [1.54, 1.807) is 18.4 Å². The molecule has 0 aliphatic carbocycles. The molecular weight excluding hydrogens is 384 g/mol. The van der Waals surface area contributed by atoms with Crippen molar-refractivity contribution in [2.75, 3.05) is 20.8 Å². The predicted molar refractivity (Wildman–Crippen MR) is 116 cm³/mol. The monoisotopic (exact) mass is 410 g/mol. The minimum absolute atomic E-state index is 0.198. The Labute approximate surface area is 175 Å². The normalized spacial score (nSPS) is 12.0. The van der Waals surface area contributed by atoms with Crippen LogP contribution in [-0.2, 0) is 22.6 Å². The number of esters is 1. The minimum atomic E-state index is -0.212. The van der Waals surface area contributed by atoms with Crippen molar-refractivity contribution in [1.29, 1.82) is 0 Å². The number of nitrogens with zero attached hydrogens (tertiary/aromatic N) is 2. The van der Waals surface area contributed by atoms with Crippen LogP contribution in [0.2, 0.25) is 0 Å². The molecule has 1 unspecified atom stereocenters. The van der Waals surface area contributed by atoms with Gasteiger partial charge in [-0.2, -0.15) is 0 Å². The van der Waals surface area contributed by atoms with Crippen molar-refractivity contribution in [3.05, 3.63) is 71.2 Å². The topological polar surface area (TPSA) is 51.7 Å². The molecule has 0 saturated carbocycles. The van der Waals surface area contributed by atoms with E-state index in [1.807, 2.05) is 49.4 Å². The molecule has 1 heterocycles. The molecule has 1 aromatic heterocycles. The predicted octanol–water partition coefficient (Wildman–Crippen LogP) is 4.63. The molecule has 0 saturated heterocycles. The quantitative estimate of drug-likeness (QED) is 0.482. The number of hydrogen-bond acceptors (Lipinski definition) is 6. The van der Waals surface area contributed by atoms with Gasteiger partial charge in [0.25, 0.3) is 0 Å². The van der Waals surface area contributed by atoms with Crippen molar-refractivity contribution in [3.8, 4) is 16.3 Å². The number of benzene rings is 2. The van der Waals surface area contributed by atoms with Gasteiger partial charge in [0.05, 0.1) is 31.4 Å². The van der Waals surface area contributed by atoms with Crippen molar-refractivity contribution in [3.63, 3.8) is 0 Å². The van der Waals surface area contributed by atoms with E-state index in [1.165, 1.54) is 12.7 Å². The number of methoxy groups -OCH3 is 2. The SMILES string of the molecule is COC(=O)C(C)CN(Cc1ccccc1)Cc1csc(-c2ccccc2OC)n1. The van der Waals surface area contributed by atoms with Gasteiger partial charge in [-0.3, -0.25) is 9.69 Å². The number of hydrogen-bond donors (Lipinski definition) is 0. The lowest BCUT2D eigenvalue weighted by Crippen LogP contribution is -2.31. The third-order valence-electron chi connectivity index (χ3n) is 4.66. The molecule has 0 amide bonds. The number of aromatic nitrogens is 1. The molecule has 6 heteroatoms. The van der Waals surface area contributed by atoms with E-state index in [0.29, 0.717) is 13.1 Å². The summed E-state index contributed by atoms with van der Waals surface area (Å²) in [7, 11) is 3.10. The molecular formula is C23H26N2O3S. The maximum atomic E-state index is 11.9. The number of thiazole rings is 1. The van der Waals surface area contributed by atoms with Crippen molar-refractivity contribution < 1.29 is 14.3 Å². The standard InChI is InChI=1S/C23H26N2O3S/c1-17(23(26)28-3)13-25(14-18-9-5-4-6-10-18)15-19-16-29-22(24-19)20-11-7-8-12-21(20)27-2/h4-12,16-17H,13-15H2,1-3H3. The average Bonchev–Trinajstić information content (AvgIpc) is 3.21. The molecule has 0 radical (unpaired) electrons. The van der Waals surface area contributed by atoms with E-state index in [2.05, 4.69) is 22.4 Å². The lowest BCUT2D eigenvalue weighted by molar-refractivity contribution is -0.145. The average molecular weight is 411 g/mol. The number of para-hydroxylation sites is 1. The highest BCUT2D eigenvalue weighted by atomic mass is 32.1. The Hall–Kier alpha value is -2.70. The lowest BCUT2D eigenvalue weighted by Gasteiger charge is -2.24. The van der Waals surface area contributed by atoms with Crippen LogP contribution >= 0.6 is 11.3 Å². The second-order valence-electron chi connectivity index (χ2n) is 6.92. The smallest absolute Gasteiger partial charge is 0.309 e. The van der Waals surface area contributed by atoms with Crippen molar-refractivity contribution >= 4 is 17.3 Å². The van der Waals surface area contributed by atoms with Gasteiger partial charge >= 0.3 is 5.97 Å². The molecule has 0 aliphatic rings. The summed E-state index contributed by atoms with van der Waals surface area (Å²) in [5.74, 6) is 0.404. The highest BCUT2D eigenvalue weighted by Crippen LogP contribution is 2.32. The van der Waals surface area contributed by atoms with Crippen LogP contribution in [-0.4, -0.2) is 36.6 Å². The molecule has 5 nitrogen and oxygen atoms in total. The Bertz CT molecular complexity index is 927. The minimum Gasteiger partial charge on any atom is -0.496 e. The summed E-state index contributed by atoms with van der Waals surface area (Å²) in [6.07, 6.45) is 0. The summed E-state index contributed by atoms with van der Waals surface area (Å²) in [5.41, 5.74) is 3.16. The summed E-state index contributed by atoms with van der Waals surface area (Å²) in [4.78, 5) is 19.0. The Kier molecular flexibility index (Phi) is 7.38. The van der Waals surface area contributed by atoms with Gasteiger partial charge in [0.15, 0.2) is 0 Å². The Morgan fingerprint density at radius 3 is 2.52 bits per heavy atom. The molecule has 0 aliphatic heterocycles. The van der Waals surface area contributed by atoms with Crippen molar-refractivity contribution in [1.82, 2.24) is 9.88 Å². The van der Waals surface area contributed by atoms with Crippen LogP contribution in [0, 0.1) is 5.92 Å². The zero-order valence-corrected chi connectivity index (χ0v) is 17.8. The first-order valence-electron chi connectivity index (χ1n) is 9.52. The van der Waals surface area contributed by atoms with Crippen LogP contribution in [0.5, 0.6) is 5.75 Å². The summed E-state index contributed by atoms with van der Waals surface area (Å²) in [6, 6.07) is 18.1. The van der Waals surface area contributed by atoms with Gasteiger partial charge in [0.1, 0.15) is 10.8 Å². The molecule has 3 aromatic rings. The fourth-order valence-electron chi connectivity index (χ4n) is 3.24. The zero-order chi connectivity index (χ0) is 20.6. The first-order valence-corrected chi connectivity index (χ1v) is 10.4. The van der Waals surface area contributed by atoms with Gasteiger partial charge in [0, 0.05) is 25.0 Å². The Morgan fingerprint density at radius 1 is 1.07 bits per heavy atom. The zero-order valence-electron chi connectivity index (χ0n) is 17.0. The van der Waals surface area contributed by atoms with Gasteiger partial charge in [-0.25, -0.2) is 4.98 Å². The third kappa shape index (κ3) is 5.65. The van der Waals surface area contributed by atoms with Gasteiger partial charge in [-0.05, 0) is 17.7 Å².